The highest BCUT2D eigenvalue weighted by molar-refractivity contribution is 7.99. The Bertz CT molecular complexity index is 447. The first-order chi connectivity index (χ1) is 9.76. The molecular formula is C18H25NS. The first-order valence-electron chi connectivity index (χ1n) is 7.41. The molecule has 2 aromatic rings. The molecular weight excluding hydrogens is 262 g/mol. The average Bonchev–Trinajstić information content (AvgIpc) is 2.49. The van der Waals surface area contributed by atoms with Crippen LogP contribution in [-0.2, 0) is 0 Å². The van der Waals surface area contributed by atoms with Crippen molar-refractivity contribution in [3.8, 4) is 0 Å². The third-order valence-electron chi connectivity index (χ3n) is 2.84. The molecule has 2 heteroatoms. The molecule has 0 N–H and O–H groups in total. The molecule has 0 aliphatic rings. The molecule has 0 spiro atoms. The number of nitrogens with zero attached hydrogens (tertiary/aromatic N) is 1. The van der Waals surface area contributed by atoms with Crippen molar-refractivity contribution in [2.45, 2.75) is 56.4 Å². The normalized spacial score (nSPS) is 9.75. The molecule has 0 aliphatic heterocycles. The Kier molecular flexibility index (Phi) is 8.81. The number of pyridine rings is 1. The van der Waals surface area contributed by atoms with Crippen LogP contribution in [0.2, 0.25) is 0 Å². The maximum absolute atomic E-state index is 4.26. The lowest BCUT2D eigenvalue weighted by Gasteiger charge is -2.00. The highest BCUT2D eigenvalue weighted by Gasteiger charge is 1.96. The minimum atomic E-state index is 1.04. The van der Waals surface area contributed by atoms with E-state index in [-0.39, 0.29) is 0 Å². The minimum absolute atomic E-state index is 1.04. The SMILES string of the molecule is CCCCCC.Cc1ccc(Sc2ccccn2)cc1. The van der Waals surface area contributed by atoms with Gasteiger partial charge in [0.15, 0.2) is 0 Å². The summed E-state index contributed by atoms with van der Waals surface area (Å²) in [6, 6.07) is 14.4. The highest BCUT2D eigenvalue weighted by Crippen LogP contribution is 2.25. The molecule has 1 aromatic heterocycles. The summed E-state index contributed by atoms with van der Waals surface area (Å²) in [5.74, 6) is 0. The summed E-state index contributed by atoms with van der Waals surface area (Å²) in [7, 11) is 0. The van der Waals surface area contributed by atoms with Gasteiger partial charge in [-0.1, -0.05) is 75.1 Å². The predicted molar refractivity (Wildman–Crippen MR) is 89.4 cm³/mol. The van der Waals surface area contributed by atoms with E-state index < -0.39 is 0 Å². The van der Waals surface area contributed by atoms with Crippen LogP contribution in [0.3, 0.4) is 0 Å². The Morgan fingerprint density at radius 3 is 2.05 bits per heavy atom. The van der Waals surface area contributed by atoms with Crippen LogP contribution in [-0.4, -0.2) is 4.98 Å². The molecule has 0 radical (unpaired) electrons. The fourth-order valence-corrected chi connectivity index (χ4v) is 2.41. The van der Waals surface area contributed by atoms with Crippen LogP contribution < -0.4 is 0 Å². The summed E-state index contributed by atoms with van der Waals surface area (Å²) in [4.78, 5) is 5.49. The van der Waals surface area contributed by atoms with Gasteiger partial charge in [0.2, 0.25) is 0 Å². The fourth-order valence-electron chi connectivity index (χ4n) is 1.63. The van der Waals surface area contributed by atoms with Crippen molar-refractivity contribution >= 4 is 11.8 Å². The second-order valence-electron chi connectivity index (χ2n) is 4.79. The first kappa shape index (κ1) is 16.8. The molecule has 0 fully saturated rings. The van der Waals surface area contributed by atoms with E-state index in [1.165, 1.54) is 36.1 Å². The van der Waals surface area contributed by atoms with Crippen LogP contribution in [0.15, 0.2) is 58.6 Å². The van der Waals surface area contributed by atoms with Gasteiger partial charge in [0.1, 0.15) is 5.03 Å². The van der Waals surface area contributed by atoms with Crippen LogP contribution >= 0.6 is 11.8 Å². The topological polar surface area (TPSA) is 12.9 Å². The number of hydrogen-bond acceptors (Lipinski definition) is 2. The van der Waals surface area contributed by atoms with Gasteiger partial charge in [-0.2, -0.15) is 0 Å². The van der Waals surface area contributed by atoms with Crippen molar-refractivity contribution in [1.82, 2.24) is 4.98 Å². The lowest BCUT2D eigenvalue weighted by molar-refractivity contribution is 0.702. The molecule has 1 aromatic carbocycles. The van der Waals surface area contributed by atoms with E-state index in [4.69, 9.17) is 0 Å². The van der Waals surface area contributed by atoms with Crippen LogP contribution in [0.5, 0.6) is 0 Å². The van der Waals surface area contributed by atoms with Gasteiger partial charge in [0.25, 0.3) is 0 Å². The Morgan fingerprint density at radius 2 is 1.55 bits per heavy atom. The third kappa shape index (κ3) is 7.34. The molecule has 0 amide bonds. The monoisotopic (exact) mass is 287 g/mol. The van der Waals surface area contributed by atoms with Crippen molar-refractivity contribution in [1.29, 1.82) is 0 Å². The Balaban J connectivity index is 0.000000286. The maximum Gasteiger partial charge on any atom is 0.101 e. The van der Waals surface area contributed by atoms with E-state index in [1.807, 2.05) is 24.4 Å². The van der Waals surface area contributed by atoms with Crippen LogP contribution in [0.25, 0.3) is 0 Å². The predicted octanol–water partition coefficient (Wildman–Crippen LogP) is 6.13. The summed E-state index contributed by atoms with van der Waals surface area (Å²) < 4.78 is 0. The quantitative estimate of drug-likeness (QED) is 0.614. The second-order valence-corrected chi connectivity index (χ2v) is 5.88. The van der Waals surface area contributed by atoms with Gasteiger partial charge in [-0.3, -0.25) is 0 Å². The van der Waals surface area contributed by atoms with Crippen molar-refractivity contribution in [2.24, 2.45) is 0 Å². The van der Waals surface area contributed by atoms with Crippen LogP contribution in [0.4, 0.5) is 0 Å². The zero-order valence-electron chi connectivity index (χ0n) is 12.8. The van der Waals surface area contributed by atoms with Crippen LogP contribution in [0.1, 0.15) is 45.1 Å². The van der Waals surface area contributed by atoms with Gasteiger partial charge < -0.3 is 0 Å². The molecule has 0 saturated carbocycles. The number of aromatic nitrogens is 1. The highest BCUT2D eigenvalue weighted by atomic mass is 32.2. The number of hydrogen-bond donors (Lipinski definition) is 0. The average molecular weight is 287 g/mol. The molecule has 0 atom stereocenters. The summed E-state index contributed by atoms with van der Waals surface area (Å²) in [6.07, 6.45) is 7.35. The third-order valence-corrected chi connectivity index (χ3v) is 3.80. The molecule has 1 heterocycles. The van der Waals surface area contributed by atoms with E-state index in [2.05, 4.69) is 50.0 Å². The Morgan fingerprint density at radius 1 is 0.900 bits per heavy atom. The molecule has 108 valence electrons. The van der Waals surface area contributed by atoms with Crippen molar-refractivity contribution in [3.05, 3.63) is 54.2 Å². The van der Waals surface area contributed by atoms with E-state index in [0.29, 0.717) is 0 Å². The summed E-state index contributed by atoms with van der Waals surface area (Å²) in [5, 5.41) is 1.04. The smallest absolute Gasteiger partial charge is 0.101 e. The van der Waals surface area contributed by atoms with Gasteiger partial charge in [-0.25, -0.2) is 4.98 Å². The first-order valence-corrected chi connectivity index (χ1v) is 8.23. The lowest BCUT2D eigenvalue weighted by Crippen LogP contribution is -1.77. The minimum Gasteiger partial charge on any atom is -0.250 e. The van der Waals surface area contributed by atoms with Crippen molar-refractivity contribution < 1.29 is 0 Å². The van der Waals surface area contributed by atoms with Crippen molar-refractivity contribution in [2.75, 3.05) is 0 Å². The van der Waals surface area contributed by atoms with Gasteiger partial charge in [0.05, 0.1) is 0 Å². The molecule has 0 aliphatic carbocycles. The number of aryl methyl sites for hydroxylation is 1. The van der Waals surface area contributed by atoms with E-state index in [1.54, 1.807) is 11.8 Å². The number of rotatable bonds is 5. The standard InChI is InChI=1S/C12H11NS.C6H14/c1-10-5-7-11(8-6-10)14-12-4-2-3-9-13-12;1-3-5-6-4-2/h2-9H,1H3;3-6H2,1-2H3. The van der Waals surface area contributed by atoms with E-state index in [0.717, 1.165) is 5.03 Å². The second kappa shape index (κ2) is 10.5. The maximum atomic E-state index is 4.26. The Hall–Kier alpha value is -1.28. The van der Waals surface area contributed by atoms with Crippen molar-refractivity contribution in [3.63, 3.8) is 0 Å². The molecule has 2 rings (SSSR count). The summed E-state index contributed by atoms with van der Waals surface area (Å²) in [5.41, 5.74) is 1.29. The van der Waals surface area contributed by atoms with Gasteiger partial charge >= 0.3 is 0 Å². The molecule has 0 unspecified atom stereocenters. The summed E-state index contributed by atoms with van der Waals surface area (Å²) >= 11 is 1.69. The largest absolute Gasteiger partial charge is 0.250 e. The Labute approximate surface area is 127 Å². The lowest BCUT2D eigenvalue weighted by atomic mass is 10.2. The fraction of sp³-hybridized carbons (Fsp3) is 0.389. The summed E-state index contributed by atoms with van der Waals surface area (Å²) in [6.45, 7) is 6.56. The molecule has 0 bridgehead atoms. The number of unbranched alkanes of at least 4 members (excludes halogenated alkanes) is 3. The van der Waals surface area contributed by atoms with Gasteiger partial charge in [-0.05, 0) is 31.2 Å². The zero-order chi connectivity index (χ0) is 14.6. The zero-order valence-corrected chi connectivity index (χ0v) is 13.6. The molecule has 1 nitrogen and oxygen atoms in total. The van der Waals surface area contributed by atoms with Crippen LogP contribution in [0, 0.1) is 6.92 Å². The van der Waals surface area contributed by atoms with Gasteiger partial charge in [0, 0.05) is 11.1 Å². The number of benzene rings is 1. The van der Waals surface area contributed by atoms with E-state index >= 15 is 0 Å². The molecule has 20 heavy (non-hydrogen) atoms. The van der Waals surface area contributed by atoms with E-state index in [9.17, 15) is 0 Å². The van der Waals surface area contributed by atoms with Gasteiger partial charge in [-0.15, -0.1) is 0 Å². The molecule has 0 saturated heterocycles.